The molecule has 1 unspecified atom stereocenters. The number of nitrogens with zero attached hydrogens (tertiary/aromatic N) is 4. The molecular weight excluding hydrogens is 564 g/mol. The smallest absolute Gasteiger partial charge is 0.301 e. The summed E-state index contributed by atoms with van der Waals surface area (Å²) in [6, 6.07) is 14.0. The van der Waals surface area contributed by atoms with Crippen molar-refractivity contribution in [2.45, 2.75) is 46.6 Å². The Balaban J connectivity index is 1.56. The van der Waals surface area contributed by atoms with Crippen LogP contribution >= 0.6 is 11.3 Å². The molecular formula is C33H32N4O5S. The van der Waals surface area contributed by atoms with Crippen molar-refractivity contribution in [2.75, 3.05) is 18.6 Å². The predicted molar refractivity (Wildman–Crippen MR) is 167 cm³/mol. The minimum absolute atomic E-state index is 0.0636. The first-order valence-electron chi connectivity index (χ1n) is 14.2. The lowest BCUT2D eigenvalue weighted by molar-refractivity contribution is -0.132. The predicted octanol–water partition coefficient (Wildman–Crippen LogP) is 6.68. The van der Waals surface area contributed by atoms with E-state index in [-0.39, 0.29) is 17.0 Å². The van der Waals surface area contributed by atoms with Crippen molar-refractivity contribution in [1.82, 2.24) is 14.4 Å². The normalized spacial score (nSPS) is 16.5. The SMILES string of the molecule is CCCCOc1ccc(C2/C(=C(\O)c3nc4c(C)cccn4c3C)C(=O)C(=O)N2c2nc3ccc(C)cc3s2)cc1OC. The molecule has 0 radical (unpaired) electrons. The van der Waals surface area contributed by atoms with Gasteiger partial charge in [0.15, 0.2) is 22.4 Å². The highest BCUT2D eigenvalue weighted by Gasteiger charge is 2.49. The van der Waals surface area contributed by atoms with Gasteiger partial charge in [0, 0.05) is 6.20 Å². The molecule has 1 aliphatic rings. The zero-order chi connectivity index (χ0) is 30.4. The van der Waals surface area contributed by atoms with Gasteiger partial charge in [-0.3, -0.25) is 14.5 Å². The van der Waals surface area contributed by atoms with E-state index in [1.165, 1.54) is 16.2 Å². The molecule has 6 rings (SSSR count). The fourth-order valence-electron chi connectivity index (χ4n) is 5.44. The number of amides is 1. The number of thiazole rings is 1. The highest BCUT2D eigenvalue weighted by atomic mass is 32.1. The van der Waals surface area contributed by atoms with Crippen LogP contribution in [0.2, 0.25) is 0 Å². The number of unbranched alkanes of at least 4 members (excludes halogenated alkanes) is 1. The van der Waals surface area contributed by atoms with Gasteiger partial charge in [0.1, 0.15) is 11.3 Å². The Hall–Kier alpha value is -4.70. The number of methoxy groups -OCH3 is 1. The van der Waals surface area contributed by atoms with E-state index in [1.807, 2.05) is 61.7 Å². The van der Waals surface area contributed by atoms with Gasteiger partial charge in [0.2, 0.25) is 0 Å². The number of carbonyl (C=O) groups excluding carboxylic acids is 2. The van der Waals surface area contributed by atoms with Crippen LogP contribution in [-0.2, 0) is 9.59 Å². The van der Waals surface area contributed by atoms with Crippen LogP contribution in [-0.4, -0.2) is 44.9 Å². The molecule has 2 aromatic carbocycles. The number of ether oxygens (including phenoxy) is 2. The fraction of sp³-hybridized carbons (Fsp3) is 0.273. The van der Waals surface area contributed by atoms with Crippen LogP contribution in [0.3, 0.4) is 0 Å². The number of anilines is 1. The number of aliphatic hydroxyl groups excluding tert-OH is 1. The van der Waals surface area contributed by atoms with Crippen molar-refractivity contribution in [1.29, 1.82) is 0 Å². The molecule has 1 saturated heterocycles. The third-order valence-corrected chi connectivity index (χ3v) is 8.77. The molecule has 220 valence electrons. The number of hydrogen-bond donors (Lipinski definition) is 1. The molecule has 9 nitrogen and oxygen atoms in total. The van der Waals surface area contributed by atoms with E-state index >= 15 is 0 Å². The van der Waals surface area contributed by atoms with Crippen LogP contribution < -0.4 is 14.4 Å². The van der Waals surface area contributed by atoms with Gasteiger partial charge in [-0.25, -0.2) is 9.97 Å². The third kappa shape index (κ3) is 4.81. The molecule has 10 heteroatoms. The van der Waals surface area contributed by atoms with Crippen LogP contribution in [0.1, 0.15) is 53.9 Å². The molecule has 43 heavy (non-hydrogen) atoms. The maximum atomic E-state index is 13.8. The molecule has 1 fully saturated rings. The number of aromatic nitrogens is 3. The van der Waals surface area contributed by atoms with E-state index in [0.29, 0.717) is 40.1 Å². The first-order valence-corrected chi connectivity index (χ1v) is 15.0. The molecule has 3 aromatic heterocycles. The number of carbonyl (C=O) groups is 2. The maximum Gasteiger partial charge on any atom is 0.301 e. The molecule has 1 aliphatic heterocycles. The summed E-state index contributed by atoms with van der Waals surface area (Å²) >= 11 is 1.32. The maximum absolute atomic E-state index is 13.8. The van der Waals surface area contributed by atoms with Crippen molar-refractivity contribution in [3.05, 3.63) is 88.4 Å². The Morgan fingerprint density at radius 1 is 1.05 bits per heavy atom. The molecule has 0 spiro atoms. The molecule has 5 aromatic rings. The Morgan fingerprint density at radius 2 is 1.86 bits per heavy atom. The zero-order valence-corrected chi connectivity index (χ0v) is 25.5. The number of hydrogen-bond acceptors (Lipinski definition) is 8. The van der Waals surface area contributed by atoms with Gasteiger partial charge in [-0.1, -0.05) is 42.9 Å². The summed E-state index contributed by atoms with van der Waals surface area (Å²) in [6.07, 6.45) is 3.72. The monoisotopic (exact) mass is 596 g/mol. The second kappa shape index (κ2) is 11.2. The first-order chi connectivity index (χ1) is 20.7. The van der Waals surface area contributed by atoms with E-state index in [2.05, 4.69) is 6.92 Å². The van der Waals surface area contributed by atoms with Crippen LogP contribution in [0, 0.1) is 20.8 Å². The average molecular weight is 597 g/mol. The fourth-order valence-corrected chi connectivity index (χ4v) is 6.53. The Kier molecular flexibility index (Phi) is 7.39. The van der Waals surface area contributed by atoms with Gasteiger partial charge < -0.3 is 19.0 Å². The van der Waals surface area contributed by atoms with E-state index < -0.39 is 17.7 Å². The lowest BCUT2D eigenvalue weighted by atomic mass is 9.96. The molecule has 1 amide bonds. The van der Waals surface area contributed by atoms with Crippen molar-refractivity contribution in [2.24, 2.45) is 0 Å². The molecule has 0 saturated carbocycles. The summed E-state index contributed by atoms with van der Waals surface area (Å²) in [5.74, 6) is -0.918. The second-order valence-corrected chi connectivity index (χ2v) is 11.7. The lowest BCUT2D eigenvalue weighted by Crippen LogP contribution is -2.29. The Morgan fingerprint density at radius 3 is 2.60 bits per heavy atom. The van der Waals surface area contributed by atoms with E-state index in [4.69, 9.17) is 19.4 Å². The van der Waals surface area contributed by atoms with Crippen molar-refractivity contribution < 1.29 is 24.2 Å². The number of Topliss-reactive ketones (excluding diaryl/α,β-unsaturated/α-hetero) is 1. The van der Waals surface area contributed by atoms with Crippen LogP contribution in [0.15, 0.2) is 60.3 Å². The standard InChI is InChI=1S/C33H32N4O5S/c1-6-7-15-42-23-13-11-21(17-24(23)41-5)28-26(29(38)27-20(4)36-14-8-9-19(3)31(36)35-27)30(39)32(40)37(28)33-34-22-12-10-18(2)16-25(22)43-33/h8-14,16-17,28,38H,6-7,15H2,1-5H3/b29-26+. The highest BCUT2D eigenvalue weighted by Crippen LogP contribution is 2.46. The summed E-state index contributed by atoms with van der Waals surface area (Å²) in [5.41, 5.74) is 4.73. The summed E-state index contributed by atoms with van der Waals surface area (Å²) in [7, 11) is 1.54. The molecule has 1 atom stereocenters. The number of pyridine rings is 1. The number of imidazole rings is 1. The summed E-state index contributed by atoms with van der Waals surface area (Å²) in [4.78, 5) is 38.4. The summed E-state index contributed by atoms with van der Waals surface area (Å²) in [5, 5.41) is 12.2. The minimum Gasteiger partial charge on any atom is -0.505 e. The van der Waals surface area contributed by atoms with Crippen molar-refractivity contribution in [3.8, 4) is 11.5 Å². The van der Waals surface area contributed by atoms with Gasteiger partial charge in [-0.05, 0) is 74.2 Å². The minimum atomic E-state index is -0.981. The number of fused-ring (bicyclic) bond motifs is 2. The topological polar surface area (TPSA) is 106 Å². The van der Waals surface area contributed by atoms with E-state index in [9.17, 15) is 14.7 Å². The van der Waals surface area contributed by atoms with Gasteiger partial charge in [-0.15, -0.1) is 0 Å². The van der Waals surface area contributed by atoms with Crippen LogP contribution in [0.5, 0.6) is 11.5 Å². The molecule has 0 bridgehead atoms. The van der Waals surface area contributed by atoms with Gasteiger partial charge >= 0.3 is 5.91 Å². The Labute approximate surface area is 253 Å². The van der Waals surface area contributed by atoms with Crippen LogP contribution in [0.25, 0.3) is 21.6 Å². The second-order valence-electron chi connectivity index (χ2n) is 10.7. The number of rotatable bonds is 8. The van der Waals surface area contributed by atoms with Crippen molar-refractivity contribution >= 4 is 49.8 Å². The van der Waals surface area contributed by atoms with Crippen LogP contribution in [0.4, 0.5) is 5.13 Å². The van der Waals surface area contributed by atoms with E-state index in [0.717, 1.165) is 34.2 Å². The van der Waals surface area contributed by atoms with E-state index in [1.54, 1.807) is 25.3 Å². The van der Waals surface area contributed by atoms with Gasteiger partial charge in [-0.2, -0.15) is 0 Å². The first kappa shape index (κ1) is 28.4. The number of aliphatic hydroxyl groups is 1. The van der Waals surface area contributed by atoms with Crippen molar-refractivity contribution in [3.63, 3.8) is 0 Å². The summed E-state index contributed by atoms with van der Waals surface area (Å²) in [6.45, 7) is 8.35. The number of aryl methyl sites for hydroxylation is 3. The number of benzene rings is 2. The highest BCUT2D eigenvalue weighted by molar-refractivity contribution is 7.22. The Bertz CT molecular complexity index is 1940. The third-order valence-electron chi connectivity index (χ3n) is 7.75. The quantitative estimate of drug-likeness (QED) is 0.0921. The zero-order valence-electron chi connectivity index (χ0n) is 24.7. The lowest BCUT2D eigenvalue weighted by Gasteiger charge is -2.23. The average Bonchev–Trinajstić information content (AvgIpc) is 3.65. The van der Waals surface area contributed by atoms with Gasteiger partial charge in [0.05, 0.1) is 41.2 Å². The summed E-state index contributed by atoms with van der Waals surface area (Å²) < 4.78 is 14.3. The largest absolute Gasteiger partial charge is 0.505 e. The molecule has 4 heterocycles. The van der Waals surface area contributed by atoms with Gasteiger partial charge in [0.25, 0.3) is 5.78 Å². The number of ketones is 1. The molecule has 0 aliphatic carbocycles. The molecule has 1 N–H and O–H groups in total.